The highest BCUT2D eigenvalue weighted by atomic mass is 32.2. The number of rotatable bonds is 2. The van der Waals surface area contributed by atoms with Gasteiger partial charge in [0.05, 0.1) is 33.9 Å². The van der Waals surface area contributed by atoms with Crippen molar-refractivity contribution in [3.8, 4) is 17.1 Å². The number of nitrogens with zero attached hydrogens (tertiary/aromatic N) is 2. The Morgan fingerprint density at radius 3 is 2.68 bits per heavy atom. The molecular weight excluding hydrogens is 420 g/mol. The van der Waals surface area contributed by atoms with Crippen molar-refractivity contribution in [3.05, 3.63) is 51.3 Å². The van der Waals surface area contributed by atoms with E-state index in [1.807, 2.05) is 6.07 Å². The zero-order chi connectivity index (χ0) is 22.3. The van der Waals surface area contributed by atoms with Crippen LogP contribution in [0.25, 0.3) is 22.3 Å². The average molecular weight is 442 g/mol. The third-order valence-electron chi connectivity index (χ3n) is 6.18. The fourth-order valence-electron chi connectivity index (χ4n) is 4.59. The lowest BCUT2D eigenvalue weighted by Crippen LogP contribution is -2.44. The second kappa shape index (κ2) is 6.24. The number of hydrogen-bond acceptors (Lipinski definition) is 7. The van der Waals surface area contributed by atoms with Gasteiger partial charge in [0, 0.05) is 16.5 Å². The Bertz CT molecular complexity index is 1420. The van der Waals surface area contributed by atoms with Gasteiger partial charge in [0.15, 0.2) is 5.60 Å². The number of esters is 1. The molecular formula is C22H22N2O6S. The van der Waals surface area contributed by atoms with Crippen molar-refractivity contribution in [3.63, 3.8) is 0 Å². The molecule has 2 aromatic heterocycles. The minimum Gasteiger partial charge on any atom is -0.507 e. The van der Waals surface area contributed by atoms with E-state index in [-0.39, 0.29) is 42.0 Å². The number of cyclic esters (lactones) is 1. The normalized spacial score (nSPS) is 20.2. The van der Waals surface area contributed by atoms with E-state index in [9.17, 15) is 24.0 Å². The van der Waals surface area contributed by atoms with Gasteiger partial charge in [-0.25, -0.2) is 9.78 Å². The van der Waals surface area contributed by atoms with Crippen LogP contribution in [0.2, 0.25) is 0 Å². The summed E-state index contributed by atoms with van der Waals surface area (Å²) in [4.78, 5) is 30.5. The Labute approximate surface area is 178 Å². The number of thiol groups is 1. The highest BCUT2D eigenvalue weighted by Gasteiger charge is 2.45. The molecule has 0 spiro atoms. The van der Waals surface area contributed by atoms with E-state index < -0.39 is 21.5 Å². The van der Waals surface area contributed by atoms with Crippen LogP contribution in [-0.2, 0) is 38.2 Å². The lowest BCUT2D eigenvalue weighted by atomic mass is 9.86. The van der Waals surface area contributed by atoms with Crippen molar-refractivity contribution >= 4 is 26.8 Å². The highest BCUT2D eigenvalue weighted by molar-refractivity contribution is 8.02. The molecule has 1 aromatic carbocycles. The second-order valence-electron chi connectivity index (χ2n) is 8.45. The SMILES string of the molecule is CC[C@@]1(O)C(=O)OCc2c1cc1n(c2=O)Cc2cc3c([SH](C)(C)=O)c(O)ccc3nc2-1. The van der Waals surface area contributed by atoms with E-state index >= 15 is 0 Å². The Morgan fingerprint density at radius 2 is 2.00 bits per heavy atom. The van der Waals surface area contributed by atoms with E-state index in [0.717, 1.165) is 5.56 Å². The van der Waals surface area contributed by atoms with Crippen LogP contribution in [0.4, 0.5) is 0 Å². The fraction of sp³-hybridized carbons (Fsp3) is 0.318. The number of phenolic OH excluding ortho intramolecular Hbond substituents is 1. The summed E-state index contributed by atoms with van der Waals surface area (Å²) >= 11 is 0. The monoisotopic (exact) mass is 442 g/mol. The zero-order valence-corrected chi connectivity index (χ0v) is 18.2. The topological polar surface area (TPSA) is 119 Å². The number of ether oxygens (including phenoxy) is 1. The van der Waals surface area contributed by atoms with Crippen LogP contribution in [-0.4, -0.2) is 42.5 Å². The quantitative estimate of drug-likeness (QED) is 0.317. The van der Waals surface area contributed by atoms with Crippen molar-refractivity contribution < 1.29 is 24.0 Å². The number of aromatic hydroxyl groups is 1. The van der Waals surface area contributed by atoms with Gasteiger partial charge in [0.1, 0.15) is 12.4 Å². The second-order valence-corrected chi connectivity index (χ2v) is 11.6. The third kappa shape index (κ3) is 2.63. The van der Waals surface area contributed by atoms with Gasteiger partial charge in [-0.3, -0.25) is 9.00 Å². The first-order chi connectivity index (χ1) is 14.6. The molecule has 0 fully saturated rings. The van der Waals surface area contributed by atoms with Crippen LogP contribution in [0, 0.1) is 0 Å². The van der Waals surface area contributed by atoms with Crippen LogP contribution in [0.1, 0.15) is 30.0 Å². The molecule has 162 valence electrons. The van der Waals surface area contributed by atoms with Gasteiger partial charge in [-0.05, 0) is 43.2 Å². The number of phenols is 1. The van der Waals surface area contributed by atoms with E-state index in [1.54, 1.807) is 36.1 Å². The summed E-state index contributed by atoms with van der Waals surface area (Å²) in [6.45, 7) is 1.71. The van der Waals surface area contributed by atoms with Gasteiger partial charge in [-0.2, -0.15) is 0 Å². The summed E-state index contributed by atoms with van der Waals surface area (Å²) in [5.41, 5.74) is 0.645. The number of benzene rings is 1. The van der Waals surface area contributed by atoms with Crippen molar-refractivity contribution in [2.45, 2.75) is 37.0 Å². The Balaban J connectivity index is 1.80. The molecule has 0 aliphatic carbocycles. The molecule has 5 rings (SSSR count). The first-order valence-corrected chi connectivity index (χ1v) is 12.5. The van der Waals surface area contributed by atoms with Crippen LogP contribution in [0.3, 0.4) is 0 Å². The third-order valence-corrected chi connectivity index (χ3v) is 7.73. The summed E-state index contributed by atoms with van der Waals surface area (Å²) in [6.07, 6.45) is 3.25. The number of pyridine rings is 2. The zero-order valence-electron chi connectivity index (χ0n) is 17.3. The molecule has 4 heterocycles. The molecule has 0 bridgehead atoms. The summed E-state index contributed by atoms with van der Waals surface area (Å²) in [5.74, 6) is -0.812. The number of carbonyl (C=O) groups excluding carboxylic acids is 1. The number of aromatic nitrogens is 2. The Hall–Kier alpha value is -3.04. The molecule has 0 saturated carbocycles. The van der Waals surface area contributed by atoms with Crippen LogP contribution < -0.4 is 5.56 Å². The molecule has 9 heteroatoms. The number of hydrogen-bond donors (Lipinski definition) is 3. The van der Waals surface area contributed by atoms with Gasteiger partial charge >= 0.3 is 5.97 Å². The predicted molar refractivity (Wildman–Crippen MR) is 116 cm³/mol. The smallest absolute Gasteiger partial charge is 0.343 e. The van der Waals surface area contributed by atoms with Crippen molar-refractivity contribution in [2.75, 3.05) is 12.5 Å². The number of fused-ring (bicyclic) bond motifs is 5. The minimum atomic E-state index is -2.80. The summed E-state index contributed by atoms with van der Waals surface area (Å²) in [7, 11) is -2.80. The van der Waals surface area contributed by atoms with E-state index in [1.165, 1.54) is 6.07 Å². The van der Waals surface area contributed by atoms with Crippen molar-refractivity contribution in [2.24, 2.45) is 0 Å². The number of aliphatic hydroxyl groups is 1. The van der Waals surface area contributed by atoms with E-state index in [0.29, 0.717) is 27.2 Å². The predicted octanol–water partition coefficient (Wildman–Crippen LogP) is 1.42. The molecule has 2 N–H and O–H groups in total. The largest absolute Gasteiger partial charge is 0.507 e. The van der Waals surface area contributed by atoms with Gasteiger partial charge in [0.2, 0.25) is 0 Å². The Kier molecular flexibility index (Phi) is 4.00. The first-order valence-electron chi connectivity index (χ1n) is 9.94. The average Bonchev–Trinajstić information content (AvgIpc) is 3.06. The lowest BCUT2D eigenvalue weighted by molar-refractivity contribution is -0.172. The van der Waals surface area contributed by atoms with Gasteiger partial charge in [-0.1, -0.05) is 16.9 Å². The molecule has 0 radical (unpaired) electrons. The highest BCUT2D eigenvalue weighted by Crippen LogP contribution is 2.40. The van der Waals surface area contributed by atoms with Crippen LogP contribution >= 0.6 is 0 Å². The summed E-state index contributed by atoms with van der Waals surface area (Å²) < 4.78 is 19.4. The molecule has 3 aromatic rings. The lowest BCUT2D eigenvalue weighted by Gasteiger charge is -2.31. The first kappa shape index (κ1) is 19.9. The molecule has 1 atom stereocenters. The van der Waals surface area contributed by atoms with Gasteiger partial charge < -0.3 is 19.5 Å². The molecule has 2 aliphatic rings. The fourth-order valence-corrected chi connectivity index (χ4v) is 5.98. The molecule has 0 amide bonds. The summed E-state index contributed by atoms with van der Waals surface area (Å²) in [6, 6.07) is 6.57. The van der Waals surface area contributed by atoms with Crippen LogP contribution in [0.5, 0.6) is 5.75 Å². The number of carbonyl (C=O) groups is 1. The molecule has 8 nitrogen and oxygen atoms in total. The van der Waals surface area contributed by atoms with Gasteiger partial charge in [0.25, 0.3) is 5.56 Å². The molecule has 2 aliphatic heterocycles. The maximum absolute atomic E-state index is 13.2. The standard InChI is InChI=1S/C22H22N2O6S/c1-4-22(28)14-8-16-18-11(9-24(16)20(26)13(14)10-30-21(22)27)7-12-15(23-18)5-6-17(25)19(12)31(2,3)29/h5-8,25,28,31H,4,9-10H2,1-3H3/t22-/m0/s1. The molecule has 0 saturated heterocycles. The van der Waals surface area contributed by atoms with Gasteiger partial charge in [-0.15, -0.1) is 0 Å². The maximum Gasteiger partial charge on any atom is 0.343 e. The molecule has 0 unspecified atom stereocenters. The maximum atomic E-state index is 13.2. The van der Waals surface area contributed by atoms with E-state index in [2.05, 4.69) is 0 Å². The van der Waals surface area contributed by atoms with E-state index in [4.69, 9.17) is 9.72 Å². The summed E-state index contributed by atoms with van der Waals surface area (Å²) in [5, 5.41) is 21.8. The van der Waals surface area contributed by atoms with Crippen molar-refractivity contribution in [1.29, 1.82) is 0 Å². The van der Waals surface area contributed by atoms with Crippen LogP contribution in [0.15, 0.2) is 34.0 Å². The Morgan fingerprint density at radius 1 is 1.26 bits per heavy atom. The molecule has 31 heavy (non-hydrogen) atoms. The minimum absolute atomic E-state index is 0.0469. The van der Waals surface area contributed by atoms with Crippen molar-refractivity contribution in [1.82, 2.24) is 9.55 Å².